The standard InChI is InChI=1S/C21H29N3O2/c1-3-17(16-9-5-6-12-20(16)26-4-2)23-21(25)15-24-14-8-11-19(24)18-10-7-13-22-18/h5-7,9-10,12-13,17,19,22H,3-4,8,11,14-15H2,1-2H3,(H,23,25)/t17-,19-/m1/s1. The molecule has 2 N–H and O–H groups in total. The van der Waals surface area contributed by atoms with Crippen LogP contribution in [0.1, 0.15) is 56.5 Å². The van der Waals surface area contributed by atoms with E-state index in [-0.39, 0.29) is 11.9 Å². The summed E-state index contributed by atoms with van der Waals surface area (Å²) in [6.07, 6.45) is 5.00. The van der Waals surface area contributed by atoms with Gasteiger partial charge in [-0.2, -0.15) is 0 Å². The van der Waals surface area contributed by atoms with E-state index in [1.165, 1.54) is 5.69 Å². The number of para-hydroxylation sites is 1. The van der Waals surface area contributed by atoms with Crippen LogP contribution in [-0.4, -0.2) is 35.5 Å². The van der Waals surface area contributed by atoms with Gasteiger partial charge in [0.05, 0.1) is 25.2 Å². The maximum Gasteiger partial charge on any atom is 0.234 e. The second-order valence-corrected chi connectivity index (χ2v) is 6.75. The zero-order valence-electron chi connectivity index (χ0n) is 15.7. The van der Waals surface area contributed by atoms with Gasteiger partial charge in [0.2, 0.25) is 5.91 Å². The summed E-state index contributed by atoms with van der Waals surface area (Å²) in [5.74, 6) is 0.925. The molecule has 0 unspecified atom stereocenters. The number of nitrogens with zero attached hydrogens (tertiary/aromatic N) is 1. The second kappa shape index (κ2) is 8.90. The predicted octanol–water partition coefficient (Wildman–Crippen LogP) is 3.82. The van der Waals surface area contributed by atoms with Crippen LogP contribution in [0.5, 0.6) is 5.75 Å². The highest BCUT2D eigenvalue weighted by Crippen LogP contribution is 2.31. The fourth-order valence-electron chi connectivity index (χ4n) is 3.80. The van der Waals surface area contributed by atoms with E-state index >= 15 is 0 Å². The first-order valence-electron chi connectivity index (χ1n) is 9.61. The summed E-state index contributed by atoms with van der Waals surface area (Å²) < 4.78 is 5.73. The topological polar surface area (TPSA) is 57.4 Å². The van der Waals surface area contributed by atoms with E-state index in [0.29, 0.717) is 19.2 Å². The van der Waals surface area contributed by atoms with E-state index in [9.17, 15) is 4.79 Å². The molecule has 1 saturated heterocycles. The van der Waals surface area contributed by atoms with Gasteiger partial charge < -0.3 is 15.0 Å². The number of carbonyl (C=O) groups is 1. The molecule has 1 fully saturated rings. The number of aromatic amines is 1. The molecule has 2 atom stereocenters. The molecule has 0 saturated carbocycles. The average Bonchev–Trinajstić information content (AvgIpc) is 3.32. The number of amides is 1. The molecule has 1 aliphatic heterocycles. The molecule has 1 aliphatic rings. The summed E-state index contributed by atoms with van der Waals surface area (Å²) in [4.78, 5) is 18.3. The Labute approximate surface area is 155 Å². The minimum absolute atomic E-state index is 0.0307. The summed E-state index contributed by atoms with van der Waals surface area (Å²) in [6.45, 7) is 6.07. The third-order valence-corrected chi connectivity index (χ3v) is 5.03. The molecule has 5 nitrogen and oxygen atoms in total. The van der Waals surface area contributed by atoms with Crippen LogP contribution < -0.4 is 10.1 Å². The van der Waals surface area contributed by atoms with E-state index in [1.54, 1.807) is 0 Å². The van der Waals surface area contributed by atoms with Gasteiger partial charge in [-0.05, 0) is 50.9 Å². The summed E-state index contributed by atoms with van der Waals surface area (Å²) in [5, 5.41) is 3.20. The average molecular weight is 355 g/mol. The maximum absolute atomic E-state index is 12.7. The molecular formula is C21H29N3O2. The van der Waals surface area contributed by atoms with Gasteiger partial charge >= 0.3 is 0 Å². The number of likely N-dealkylation sites (tertiary alicyclic amines) is 1. The molecule has 0 spiro atoms. The zero-order valence-corrected chi connectivity index (χ0v) is 15.7. The number of carbonyl (C=O) groups excluding carboxylic acids is 1. The first-order chi connectivity index (χ1) is 12.7. The number of rotatable bonds is 8. The van der Waals surface area contributed by atoms with Crippen molar-refractivity contribution in [3.63, 3.8) is 0 Å². The number of hydrogen-bond donors (Lipinski definition) is 2. The van der Waals surface area contributed by atoms with Crippen LogP contribution in [0.3, 0.4) is 0 Å². The van der Waals surface area contributed by atoms with Crippen LogP contribution >= 0.6 is 0 Å². The Balaban J connectivity index is 1.65. The summed E-state index contributed by atoms with van der Waals surface area (Å²) in [7, 11) is 0. The Hall–Kier alpha value is -2.27. The van der Waals surface area contributed by atoms with Crippen LogP contribution in [0.2, 0.25) is 0 Å². The van der Waals surface area contributed by atoms with Crippen molar-refractivity contribution in [2.75, 3.05) is 19.7 Å². The molecule has 1 amide bonds. The van der Waals surface area contributed by atoms with Gasteiger partial charge in [0.25, 0.3) is 0 Å². The third kappa shape index (κ3) is 4.28. The molecule has 1 aromatic heterocycles. The number of benzene rings is 1. The highest BCUT2D eigenvalue weighted by molar-refractivity contribution is 5.78. The molecular weight excluding hydrogens is 326 g/mol. The van der Waals surface area contributed by atoms with Crippen molar-refractivity contribution in [2.45, 2.75) is 45.2 Å². The second-order valence-electron chi connectivity index (χ2n) is 6.75. The SMILES string of the molecule is CCOc1ccccc1[C@@H](CC)NC(=O)CN1CCC[C@@H]1c1ccc[nH]1. The predicted molar refractivity (Wildman–Crippen MR) is 103 cm³/mol. The number of ether oxygens (including phenoxy) is 1. The molecule has 0 bridgehead atoms. The minimum Gasteiger partial charge on any atom is -0.494 e. The molecule has 0 aliphatic carbocycles. The lowest BCUT2D eigenvalue weighted by Crippen LogP contribution is -2.38. The van der Waals surface area contributed by atoms with E-state index in [2.05, 4.69) is 28.2 Å². The highest BCUT2D eigenvalue weighted by atomic mass is 16.5. The molecule has 3 rings (SSSR count). The van der Waals surface area contributed by atoms with Crippen molar-refractivity contribution in [1.82, 2.24) is 15.2 Å². The van der Waals surface area contributed by atoms with E-state index < -0.39 is 0 Å². The van der Waals surface area contributed by atoms with Crippen molar-refractivity contribution in [3.8, 4) is 5.75 Å². The van der Waals surface area contributed by atoms with Crippen LogP contribution in [-0.2, 0) is 4.79 Å². The third-order valence-electron chi connectivity index (χ3n) is 5.03. The first-order valence-corrected chi connectivity index (χ1v) is 9.61. The fraction of sp³-hybridized carbons (Fsp3) is 0.476. The van der Waals surface area contributed by atoms with Crippen LogP contribution in [0.15, 0.2) is 42.6 Å². The molecule has 0 radical (unpaired) electrons. The summed E-state index contributed by atoms with van der Waals surface area (Å²) in [6, 6.07) is 12.4. The van der Waals surface area contributed by atoms with Gasteiger partial charge in [-0.1, -0.05) is 25.1 Å². The zero-order chi connectivity index (χ0) is 18.4. The Kier molecular flexibility index (Phi) is 6.34. The monoisotopic (exact) mass is 355 g/mol. The van der Waals surface area contributed by atoms with Crippen LogP contribution in [0.25, 0.3) is 0 Å². The molecule has 2 heterocycles. The summed E-state index contributed by atoms with van der Waals surface area (Å²) >= 11 is 0. The minimum atomic E-state index is -0.0307. The van der Waals surface area contributed by atoms with Gasteiger partial charge in [-0.15, -0.1) is 0 Å². The van der Waals surface area contributed by atoms with Gasteiger partial charge in [0.1, 0.15) is 5.75 Å². The highest BCUT2D eigenvalue weighted by Gasteiger charge is 2.28. The van der Waals surface area contributed by atoms with Gasteiger partial charge in [0.15, 0.2) is 0 Å². The molecule has 2 aromatic rings. The lowest BCUT2D eigenvalue weighted by Gasteiger charge is -2.25. The number of nitrogens with one attached hydrogen (secondary N) is 2. The van der Waals surface area contributed by atoms with Gasteiger partial charge in [-0.25, -0.2) is 0 Å². The van der Waals surface area contributed by atoms with Gasteiger partial charge in [-0.3, -0.25) is 9.69 Å². The fourth-order valence-corrected chi connectivity index (χ4v) is 3.80. The van der Waals surface area contributed by atoms with Crippen molar-refractivity contribution < 1.29 is 9.53 Å². The van der Waals surface area contributed by atoms with E-state index in [4.69, 9.17) is 4.74 Å². The quantitative estimate of drug-likeness (QED) is 0.757. The molecule has 26 heavy (non-hydrogen) atoms. The van der Waals surface area contributed by atoms with Crippen LogP contribution in [0, 0.1) is 0 Å². The Morgan fingerprint density at radius 2 is 2.15 bits per heavy atom. The maximum atomic E-state index is 12.7. The Morgan fingerprint density at radius 3 is 2.88 bits per heavy atom. The molecule has 5 heteroatoms. The van der Waals surface area contributed by atoms with Crippen molar-refractivity contribution >= 4 is 5.91 Å². The number of H-pyrrole nitrogens is 1. The lowest BCUT2D eigenvalue weighted by atomic mass is 10.0. The van der Waals surface area contributed by atoms with Crippen molar-refractivity contribution in [3.05, 3.63) is 53.9 Å². The Bertz CT molecular complexity index is 699. The van der Waals surface area contributed by atoms with Crippen LogP contribution in [0.4, 0.5) is 0 Å². The molecule has 1 aromatic carbocycles. The van der Waals surface area contributed by atoms with Gasteiger partial charge in [0, 0.05) is 17.5 Å². The Morgan fingerprint density at radius 1 is 1.31 bits per heavy atom. The lowest BCUT2D eigenvalue weighted by molar-refractivity contribution is -0.123. The van der Waals surface area contributed by atoms with Crippen molar-refractivity contribution in [2.24, 2.45) is 0 Å². The van der Waals surface area contributed by atoms with E-state index in [0.717, 1.165) is 37.1 Å². The smallest absolute Gasteiger partial charge is 0.234 e. The first kappa shape index (κ1) is 18.5. The number of hydrogen-bond acceptors (Lipinski definition) is 3. The van der Waals surface area contributed by atoms with Crippen molar-refractivity contribution in [1.29, 1.82) is 0 Å². The largest absolute Gasteiger partial charge is 0.494 e. The summed E-state index contributed by atoms with van der Waals surface area (Å²) in [5.41, 5.74) is 2.25. The van der Waals surface area contributed by atoms with E-state index in [1.807, 2.05) is 43.5 Å². The molecule has 140 valence electrons. The number of aromatic nitrogens is 1. The normalized spacial score (nSPS) is 18.6.